The van der Waals surface area contributed by atoms with Crippen LogP contribution in [0.4, 0.5) is 5.69 Å². The second-order valence-electron chi connectivity index (χ2n) is 6.67. The molecule has 0 bridgehead atoms. The van der Waals surface area contributed by atoms with Crippen LogP contribution in [-0.4, -0.2) is 21.8 Å². The SMILES string of the molecule is CCCC(CC)(CC(=O)c1ccc(-c2ccc([N+](=O)[O-])cc2)cc1)C(=O)O. The fourth-order valence-electron chi connectivity index (χ4n) is 3.24. The van der Waals surface area contributed by atoms with Crippen LogP contribution in [0, 0.1) is 15.5 Å². The van der Waals surface area contributed by atoms with Crippen LogP contribution < -0.4 is 0 Å². The van der Waals surface area contributed by atoms with Crippen molar-refractivity contribution in [3.63, 3.8) is 0 Å². The van der Waals surface area contributed by atoms with Crippen LogP contribution in [0.5, 0.6) is 0 Å². The molecule has 6 nitrogen and oxygen atoms in total. The molecule has 0 saturated heterocycles. The van der Waals surface area contributed by atoms with Gasteiger partial charge in [-0.1, -0.05) is 44.5 Å². The van der Waals surface area contributed by atoms with E-state index >= 15 is 0 Å². The zero-order valence-corrected chi connectivity index (χ0v) is 15.5. The summed E-state index contributed by atoms with van der Waals surface area (Å²) in [7, 11) is 0. The van der Waals surface area contributed by atoms with E-state index in [-0.39, 0.29) is 17.9 Å². The van der Waals surface area contributed by atoms with Gasteiger partial charge < -0.3 is 5.11 Å². The van der Waals surface area contributed by atoms with Crippen LogP contribution in [0.15, 0.2) is 48.5 Å². The van der Waals surface area contributed by atoms with Crippen LogP contribution in [0.3, 0.4) is 0 Å². The third kappa shape index (κ3) is 4.58. The Morgan fingerprint density at radius 2 is 1.52 bits per heavy atom. The van der Waals surface area contributed by atoms with Gasteiger partial charge in [0, 0.05) is 24.1 Å². The summed E-state index contributed by atoms with van der Waals surface area (Å²) in [5, 5.41) is 20.3. The highest BCUT2D eigenvalue weighted by atomic mass is 16.6. The van der Waals surface area contributed by atoms with Crippen molar-refractivity contribution in [3.05, 3.63) is 64.2 Å². The van der Waals surface area contributed by atoms with E-state index in [1.54, 1.807) is 43.3 Å². The Bertz CT molecular complexity index is 827. The van der Waals surface area contributed by atoms with E-state index < -0.39 is 16.3 Å². The van der Waals surface area contributed by atoms with Gasteiger partial charge in [0.1, 0.15) is 0 Å². The van der Waals surface area contributed by atoms with Crippen molar-refractivity contribution in [1.29, 1.82) is 0 Å². The Morgan fingerprint density at radius 3 is 1.93 bits per heavy atom. The molecular formula is C21H23NO5. The Hall–Kier alpha value is -3.02. The van der Waals surface area contributed by atoms with Crippen molar-refractivity contribution in [1.82, 2.24) is 0 Å². The van der Waals surface area contributed by atoms with Crippen LogP contribution in [-0.2, 0) is 4.79 Å². The number of aliphatic carboxylic acids is 1. The highest BCUT2D eigenvalue weighted by molar-refractivity contribution is 5.99. The molecule has 1 unspecified atom stereocenters. The van der Waals surface area contributed by atoms with Crippen molar-refractivity contribution in [2.75, 3.05) is 0 Å². The number of nitro benzene ring substituents is 1. The van der Waals surface area contributed by atoms with Gasteiger partial charge in [0.15, 0.2) is 5.78 Å². The highest BCUT2D eigenvalue weighted by Gasteiger charge is 2.38. The quantitative estimate of drug-likeness (QED) is 0.376. The minimum Gasteiger partial charge on any atom is -0.481 e. The summed E-state index contributed by atoms with van der Waals surface area (Å²) >= 11 is 0. The topological polar surface area (TPSA) is 97.5 Å². The Labute approximate surface area is 158 Å². The first-order valence-corrected chi connectivity index (χ1v) is 8.94. The van der Waals surface area contributed by atoms with E-state index in [0.717, 1.165) is 11.1 Å². The number of hydrogen-bond donors (Lipinski definition) is 1. The lowest BCUT2D eigenvalue weighted by atomic mass is 9.75. The maximum Gasteiger partial charge on any atom is 0.310 e. The summed E-state index contributed by atoms with van der Waals surface area (Å²) in [6, 6.07) is 13.1. The number of carbonyl (C=O) groups excluding carboxylic acids is 1. The Kier molecular flexibility index (Phi) is 6.45. The molecule has 0 aliphatic heterocycles. The minimum absolute atomic E-state index is 0.0195. The first-order valence-electron chi connectivity index (χ1n) is 8.94. The van der Waals surface area contributed by atoms with Crippen molar-refractivity contribution in [3.8, 4) is 11.1 Å². The number of nitro groups is 1. The number of carboxylic acids is 1. The number of ketones is 1. The maximum absolute atomic E-state index is 12.6. The van der Waals surface area contributed by atoms with Gasteiger partial charge in [-0.3, -0.25) is 19.7 Å². The van der Waals surface area contributed by atoms with E-state index in [0.29, 0.717) is 24.8 Å². The Morgan fingerprint density at radius 1 is 1.00 bits per heavy atom. The lowest BCUT2D eigenvalue weighted by molar-refractivity contribution is -0.384. The lowest BCUT2D eigenvalue weighted by Gasteiger charge is -2.27. The number of nitrogens with zero attached hydrogens (tertiary/aromatic N) is 1. The molecule has 0 aromatic heterocycles. The van der Waals surface area contributed by atoms with E-state index in [1.807, 2.05) is 6.92 Å². The molecule has 0 radical (unpaired) electrons. The summed E-state index contributed by atoms with van der Waals surface area (Å²) in [4.78, 5) is 34.6. The molecule has 0 spiro atoms. The van der Waals surface area contributed by atoms with Crippen LogP contribution in [0.1, 0.15) is 49.9 Å². The van der Waals surface area contributed by atoms with Gasteiger partial charge in [0.05, 0.1) is 10.3 Å². The standard InChI is InChI=1S/C21H23NO5/c1-3-13-21(4-2,20(24)25)14-19(23)17-7-5-15(6-8-17)16-9-11-18(12-10-16)22(26)27/h5-12H,3-4,13-14H2,1-2H3,(H,24,25). The summed E-state index contributed by atoms with van der Waals surface area (Å²) in [5.41, 5.74) is 1.10. The number of rotatable bonds is 9. The van der Waals surface area contributed by atoms with Crippen LogP contribution in [0.2, 0.25) is 0 Å². The first-order chi connectivity index (χ1) is 12.8. The molecule has 2 rings (SSSR count). The number of carboxylic acid groups (broad SMARTS) is 1. The molecule has 1 atom stereocenters. The molecule has 0 amide bonds. The molecule has 2 aromatic rings. The van der Waals surface area contributed by atoms with E-state index in [4.69, 9.17) is 0 Å². The normalized spacial score (nSPS) is 13.0. The van der Waals surface area contributed by atoms with Gasteiger partial charge in [-0.2, -0.15) is 0 Å². The van der Waals surface area contributed by atoms with Crippen molar-refractivity contribution < 1.29 is 19.6 Å². The van der Waals surface area contributed by atoms with E-state index in [2.05, 4.69) is 0 Å². The second-order valence-corrected chi connectivity index (χ2v) is 6.67. The third-order valence-electron chi connectivity index (χ3n) is 4.98. The number of benzene rings is 2. The van der Waals surface area contributed by atoms with Gasteiger partial charge in [0.25, 0.3) is 5.69 Å². The van der Waals surface area contributed by atoms with Crippen LogP contribution >= 0.6 is 0 Å². The average Bonchev–Trinajstić information content (AvgIpc) is 2.67. The van der Waals surface area contributed by atoms with Gasteiger partial charge in [0.2, 0.25) is 0 Å². The molecule has 1 N–H and O–H groups in total. The Balaban J connectivity index is 2.19. The summed E-state index contributed by atoms with van der Waals surface area (Å²) < 4.78 is 0. The zero-order valence-electron chi connectivity index (χ0n) is 15.5. The van der Waals surface area contributed by atoms with E-state index in [1.165, 1.54) is 12.1 Å². The number of non-ortho nitro benzene ring substituents is 1. The molecule has 0 saturated carbocycles. The number of carbonyl (C=O) groups is 2. The summed E-state index contributed by atoms with van der Waals surface area (Å²) in [6.07, 6.45) is 1.55. The van der Waals surface area contributed by atoms with Gasteiger partial charge in [-0.15, -0.1) is 0 Å². The zero-order chi connectivity index (χ0) is 20.0. The maximum atomic E-state index is 12.6. The number of Topliss-reactive ketones (excluding diaryl/α,β-unsaturated/α-hetero) is 1. The van der Waals surface area contributed by atoms with E-state index in [9.17, 15) is 24.8 Å². The second kappa shape index (κ2) is 8.58. The molecule has 2 aromatic carbocycles. The summed E-state index contributed by atoms with van der Waals surface area (Å²) in [6.45, 7) is 3.71. The smallest absolute Gasteiger partial charge is 0.310 e. The molecule has 0 aliphatic rings. The monoisotopic (exact) mass is 369 g/mol. The molecule has 142 valence electrons. The van der Waals surface area contributed by atoms with Crippen LogP contribution in [0.25, 0.3) is 11.1 Å². The molecule has 0 aliphatic carbocycles. The van der Waals surface area contributed by atoms with Gasteiger partial charge in [-0.25, -0.2) is 0 Å². The third-order valence-corrected chi connectivity index (χ3v) is 4.98. The number of hydrogen-bond acceptors (Lipinski definition) is 4. The minimum atomic E-state index is -1.02. The van der Waals surface area contributed by atoms with Gasteiger partial charge >= 0.3 is 5.97 Å². The predicted molar refractivity (Wildman–Crippen MR) is 103 cm³/mol. The fourth-order valence-corrected chi connectivity index (χ4v) is 3.24. The predicted octanol–water partition coefficient (Wildman–Crippen LogP) is 5.12. The average molecular weight is 369 g/mol. The first kappa shape index (κ1) is 20.3. The van der Waals surface area contributed by atoms with Crippen molar-refractivity contribution in [2.24, 2.45) is 5.41 Å². The molecule has 6 heteroatoms. The summed E-state index contributed by atoms with van der Waals surface area (Å²) in [5.74, 6) is -1.12. The highest BCUT2D eigenvalue weighted by Crippen LogP contribution is 2.34. The molecular weight excluding hydrogens is 346 g/mol. The van der Waals surface area contributed by atoms with Crippen molar-refractivity contribution >= 4 is 17.4 Å². The largest absolute Gasteiger partial charge is 0.481 e. The molecule has 0 fully saturated rings. The van der Waals surface area contributed by atoms with Crippen molar-refractivity contribution in [2.45, 2.75) is 39.5 Å². The lowest BCUT2D eigenvalue weighted by Crippen LogP contribution is -2.33. The molecule has 0 heterocycles. The fraction of sp³-hybridized carbons (Fsp3) is 0.333. The van der Waals surface area contributed by atoms with Gasteiger partial charge in [-0.05, 0) is 36.1 Å². The molecule has 27 heavy (non-hydrogen) atoms.